The van der Waals surface area contributed by atoms with Gasteiger partial charge in [0.25, 0.3) is 5.69 Å². The highest BCUT2D eigenvalue weighted by Crippen LogP contribution is 2.58. The van der Waals surface area contributed by atoms with Crippen molar-refractivity contribution in [2.24, 2.45) is 5.92 Å². The number of hydrogen-bond donors (Lipinski definition) is 2. The maximum Gasteiger partial charge on any atom is 0.330 e. The molecule has 1 fully saturated rings. The van der Waals surface area contributed by atoms with Crippen LogP contribution in [0.5, 0.6) is 0 Å². The Kier molecular flexibility index (Phi) is 7.42. The molecule has 12 heteroatoms. The Hall–Kier alpha value is -4.84. The number of halogens is 1. The third-order valence-electron chi connectivity index (χ3n) is 7.72. The third-order valence-corrected chi connectivity index (χ3v) is 8.83. The normalized spacial score (nSPS) is 21.7. The predicted molar refractivity (Wildman–Crippen MR) is 152 cm³/mol. The number of carbonyl (C=O) groups is 3. The van der Waals surface area contributed by atoms with Gasteiger partial charge in [-0.2, -0.15) is 0 Å². The maximum absolute atomic E-state index is 14.3. The molecule has 10 nitrogen and oxygen atoms in total. The van der Waals surface area contributed by atoms with Crippen LogP contribution in [0.15, 0.2) is 76.5 Å². The lowest BCUT2D eigenvalue weighted by molar-refractivity contribution is -0.385. The van der Waals surface area contributed by atoms with Crippen molar-refractivity contribution in [3.63, 3.8) is 0 Å². The number of carbonyl (C=O) groups excluding carboxylic acids is 2. The van der Waals surface area contributed by atoms with Gasteiger partial charge in [-0.1, -0.05) is 12.1 Å². The number of ketones is 1. The molecule has 4 atom stereocenters. The first-order chi connectivity index (χ1) is 19.9. The van der Waals surface area contributed by atoms with Gasteiger partial charge in [0.05, 0.1) is 16.9 Å². The fraction of sp³-hybridized carbons (Fsp3) is 0.233. The second kappa shape index (κ2) is 10.9. The van der Waals surface area contributed by atoms with Crippen LogP contribution in [0.25, 0.3) is 0 Å². The molecular weight excluding hydrogens is 565 g/mol. The number of nitrogens with zero attached hydrogens (tertiary/aromatic N) is 2. The molecule has 3 heterocycles. The van der Waals surface area contributed by atoms with Gasteiger partial charge in [0.2, 0.25) is 5.78 Å². The molecule has 5 rings (SSSR count). The number of thiophene rings is 1. The highest BCUT2D eigenvalue weighted by Gasteiger charge is 2.66. The fourth-order valence-electron chi connectivity index (χ4n) is 5.75. The minimum Gasteiger partial charge on any atom is -0.479 e. The van der Waals surface area contributed by atoms with Gasteiger partial charge in [0, 0.05) is 28.6 Å². The van der Waals surface area contributed by atoms with E-state index in [2.05, 4.69) is 5.32 Å². The minimum atomic E-state index is -2.02. The molecule has 1 aliphatic rings. The molecule has 0 spiro atoms. The largest absolute Gasteiger partial charge is 0.479 e. The Labute approximate surface area is 243 Å². The lowest BCUT2D eigenvalue weighted by Crippen LogP contribution is -2.55. The lowest BCUT2D eigenvalue weighted by atomic mass is 9.74. The van der Waals surface area contributed by atoms with E-state index in [0.29, 0.717) is 10.6 Å². The second-order valence-corrected chi connectivity index (χ2v) is 11.3. The summed E-state index contributed by atoms with van der Waals surface area (Å²) in [4.78, 5) is 54.5. The number of urea groups is 1. The lowest BCUT2D eigenvalue weighted by Gasteiger charge is -2.37. The number of nitro benzene ring substituents is 1. The zero-order chi connectivity index (χ0) is 30.3. The summed E-state index contributed by atoms with van der Waals surface area (Å²) >= 11 is 1.26. The van der Waals surface area contributed by atoms with E-state index >= 15 is 0 Å². The SMILES string of the molecule is Cc1ccc(C(=O)C2C(c3cccc([N+](=O)[O-])c3)N(C(=O)Nc3ccc(F)cc3)C(C)(C(=O)O)C2c2sccc2C)o1. The molecular formula is C30H26FN3O7S. The molecule has 4 unspecified atom stereocenters. The number of non-ortho nitro benzene ring substituents is 1. The second-order valence-electron chi connectivity index (χ2n) is 10.3. The number of rotatable bonds is 7. The topological polar surface area (TPSA) is 143 Å². The number of anilines is 1. The summed E-state index contributed by atoms with van der Waals surface area (Å²) in [5.41, 5.74) is -1.20. The van der Waals surface area contributed by atoms with Gasteiger partial charge >= 0.3 is 12.0 Å². The number of hydrogen-bond acceptors (Lipinski definition) is 7. The zero-order valence-electron chi connectivity index (χ0n) is 22.7. The molecule has 2 N–H and O–H groups in total. The minimum absolute atomic E-state index is 0.0272. The van der Waals surface area contributed by atoms with Gasteiger partial charge in [-0.3, -0.25) is 19.8 Å². The average molecular weight is 592 g/mol. The van der Waals surface area contributed by atoms with E-state index in [0.717, 1.165) is 22.6 Å². The van der Waals surface area contributed by atoms with E-state index in [1.807, 2.05) is 0 Å². The predicted octanol–water partition coefficient (Wildman–Crippen LogP) is 6.72. The van der Waals surface area contributed by atoms with Crippen LogP contribution < -0.4 is 5.32 Å². The zero-order valence-corrected chi connectivity index (χ0v) is 23.6. The molecule has 2 amide bonds. The van der Waals surface area contributed by atoms with E-state index in [1.165, 1.54) is 60.7 Å². The maximum atomic E-state index is 14.3. The number of carboxylic acids is 1. The van der Waals surface area contributed by atoms with Gasteiger partial charge in [-0.05, 0) is 79.7 Å². The highest BCUT2D eigenvalue weighted by molar-refractivity contribution is 7.10. The Morgan fingerprint density at radius 1 is 1.10 bits per heavy atom. The van der Waals surface area contributed by atoms with Gasteiger partial charge in [-0.25, -0.2) is 14.0 Å². The highest BCUT2D eigenvalue weighted by atomic mass is 32.1. The Bertz CT molecular complexity index is 1700. The van der Waals surface area contributed by atoms with Gasteiger partial charge in [-0.15, -0.1) is 11.3 Å². The molecule has 0 saturated carbocycles. The standard InChI is InChI=1S/C30H26FN3O7S/c1-16-13-14-42-27(16)24-23(26(35)22-12-7-17(2)41-22)25(18-5-4-6-21(15-18)34(39)40)33(30(24,3)28(36)37)29(38)32-20-10-8-19(31)9-11-20/h4-15,23-25H,1-3H3,(H,32,38)(H,36,37). The molecule has 0 bridgehead atoms. The van der Waals surface area contributed by atoms with Gasteiger partial charge in [0.1, 0.15) is 17.1 Å². The number of aryl methyl sites for hydroxylation is 2. The van der Waals surface area contributed by atoms with E-state index < -0.39 is 51.9 Å². The number of furan rings is 1. The van der Waals surface area contributed by atoms with Crippen molar-refractivity contribution < 1.29 is 33.2 Å². The number of carboxylic acid groups (broad SMARTS) is 1. The van der Waals surface area contributed by atoms with Crippen molar-refractivity contribution in [1.82, 2.24) is 4.90 Å². The first kappa shape index (κ1) is 28.7. The van der Waals surface area contributed by atoms with Crippen LogP contribution in [0.3, 0.4) is 0 Å². The number of aliphatic carboxylic acids is 1. The van der Waals surface area contributed by atoms with Gasteiger partial charge < -0.3 is 14.8 Å². The summed E-state index contributed by atoms with van der Waals surface area (Å²) in [6, 6.07) is 13.1. The van der Waals surface area contributed by atoms with Crippen LogP contribution in [0.2, 0.25) is 0 Å². The molecule has 216 valence electrons. The van der Waals surface area contributed by atoms with Crippen molar-refractivity contribution in [3.05, 3.63) is 116 Å². The first-order valence-electron chi connectivity index (χ1n) is 12.9. The Balaban J connectivity index is 1.79. The van der Waals surface area contributed by atoms with Gasteiger partial charge in [0.15, 0.2) is 5.76 Å². The molecule has 42 heavy (non-hydrogen) atoms. The van der Waals surface area contributed by atoms with Crippen LogP contribution in [0, 0.1) is 35.7 Å². The van der Waals surface area contributed by atoms with Crippen LogP contribution in [0.1, 0.15) is 51.2 Å². The van der Waals surface area contributed by atoms with E-state index in [9.17, 15) is 34.0 Å². The number of nitro groups is 1. The molecule has 4 aromatic rings. The van der Waals surface area contributed by atoms with E-state index in [-0.39, 0.29) is 22.7 Å². The Morgan fingerprint density at radius 2 is 1.81 bits per heavy atom. The van der Waals surface area contributed by atoms with Crippen LogP contribution in [0.4, 0.5) is 20.6 Å². The van der Waals surface area contributed by atoms with Crippen LogP contribution >= 0.6 is 11.3 Å². The monoisotopic (exact) mass is 591 g/mol. The summed E-state index contributed by atoms with van der Waals surface area (Å²) in [5, 5.41) is 27.0. The summed E-state index contributed by atoms with van der Waals surface area (Å²) in [6.07, 6.45) is 0. The summed E-state index contributed by atoms with van der Waals surface area (Å²) in [6.45, 7) is 4.82. The van der Waals surface area contributed by atoms with Crippen molar-refractivity contribution >= 4 is 40.5 Å². The number of nitrogens with one attached hydrogen (secondary N) is 1. The molecule has 0 aliphatic carbocycles. The molecule has 2 aromatic heterocycles. The van der Waals surface area contributed by atoms with Crippen LogP contribution in [-0.4, -0.2) is 38.3 Å². The van der Waals surface area contributed by atoms with E-state index in [1.54, 1.807) is 31.4 Å². The quantitative estimate of drug-likeness (QED) is 0.138. The van der Waals surface area contributed by atoms with Crippen LogP contribution in [-0.2, 0) is 4.79 Å². The van der Waals surface area contributed by atoms with Crippen molar-refractivity contribution in [2.45, 2.75) is 38.3 Å². The Morgan fingerprint density at radius 3 is 2.38 bits per heavy atom. The number of likely N-dealkylation sites (tertiary alicyclic amines) is 1. The first-order valence-corrected chi connectivity index (χ1v) is 13.8. The number of benzene rings is 2. The third kappa shape index (κ3) is 4.83. The number of amides is 2. The fourth-order valence-corrected chi connectivity index (χ4v) is 6.94. The molecule has 1 aliphatic heterocycles. The van der Waals surface area contributed by atoms with Crippen molar-refractivity contribution in [1.29, 1.82) is 0 Å². The average Bonchev–Trinajstić information content (AvgIpc) is 3.65. The summed E-state index contributed by atoms with van der Waals surface area (Å²) < 4.78 is 19.3. The number of Topliss-reactive ketones (excluding diaryl/α,β-unsaturated/α-hetero) is 1. The molecule has 0 radical (unpaired) electrons. The summed E-state index contributed by atoms with van der Waals surface area (Å²) in [7, 11) is 0. The smallest absolute Gasteiger partial charge is 0.330 e. The summed E-state index contributed by atoms with van der Waals surface area (Å²) in [5.74, 6) is -4.32. The molecule has 1 saturated heterocycles. The van der Waals surface area contributed by atoms with Crippen molar-refractivity contribution in [3.8, 4) is 0 Å². The van der Waals surface area contributed by atoms with Crippen molar-refractivity contribution in [2.75, 3.05) is 5.32 Å². The molecule has 2 aromatic carbocycles. The van der Waals surface area contributed by atoms with E-state index in [4.69, 9.17) is 4.42 Å².